The quantitative estimate of drug-likeness (QED) is 0.292. The van der Waals surface area contributed by atoms with Gasteiger partial charge in [-0.2, -0.15) is 0 Å². The number of amides is 2. The lowest BCUT2D eigenvalue weighted by molar-refractivity contribution is -0.130. The van der Waals surface area contributed by atoms with Gasteiger partial charge < -0.3 is 24.8 Å². The number of carbonyl (C=O) groups excluding carboxylic acids is 2. The predicted octanol–water partition coefficient (Wildman–Crippen LogP) is 1.78. The minimum absolute atomic E-state index is 0.0493. The fourth-order valence-corrected chi connectivity index (χ4v) is 8.33. The van der Waals surface area contributed by atoms with Crippen molar-refractivity contribution in [2.24, 2.45) is 5.92 Å². The highest BCUT2D eigenvalue weighted by atomic mass is 32.2. The molecule has 4 heterocycles. The lowest BCUT2D eigenvalue weighted by atomic mass is 9.96. The van der Waals surface area contributed by atoms with Crippen LogP contribution in [0.25, 0.3) is 10.9 Å². The van der Waals surface area contributed by atoms with Crippen LogP contribution in [0.5, 0.6) is 0 Å². The molecule has 2 unspecified atom stereocenters. The number of rotatable bonds is 13. The standard InChI is InChI=1S/C34H52N6O6S/c1-23(2)40-32-8-6-5-7-26(32)17-31(34(40)44)33(43)36-27-18-28-9-10-29(19-27)39(28)22-30(42)21-38(24(3)41)16-15-37-13-11-25(12-14-37)20-35-47(4,45)46/h5-8,17,23,25,27-30,35,42H,9-16,18-22H2,1-4H3,(H,36,43)/t27?,28-,29+,30?. The number of nitrogens with zero attached hydrogens (tertiary/aromatic N) is 4. The summed E-state index contributed by atoms with van der Waals surface area (Å²) in [7, 11) is -3.19. The molecule has 0 radical (unpaired) electrons. The molecule has 260 valence electrons. The molecular weight excluding hydrogens is 620 g/mol. The summed E-state index contributed by atoms with van der Waals surface area (Å²) in [5.41, 5.74) is 0.708. The fraction of sp³-hybridized carbons (Fsp3) is 0.676. The molecular formula is C34H52N6O6S. The monoisotopic (exact) mass is 672 g/mol. The molecule has 13 heteroatoms. The Kier molecular flexibility index (Phi) is 11.4. The number of fused-ring (bicyclic) bond motifs is 3. The highest BCUT2D eigenvalue weighted by Gasteiger charge is 2.42. The summed E-state index contributed by atoms with van der Waals surface area (Å²) in [5.74, 6) is -0.0787. The number of piperidine rings is 2. The second-order valence-electron chi connectivity index (χ2n) is 14.1. The molecule has 3 N–H and O–H groups in total. The van der Waals surface area contributed by atoms with Crippen molar-refractivity contribution in [3.8, 4) is 0 Å². The number of pyridine rings is 1. The van der Waals surface area contributed by atoms with Gasteiger partial charge in [-0.3, -0.25) is 19.3 Å². The number of aromatic nitrogens is 1. The maximum absolute atomic E-state index is 13.4. The molecule has 47 heavy (non-hydrogen) atoms. The van der Waals surface area contributed by atoms with Crippen molar-refractivity contribution < 1.29 is 23.1 Å². The van der Waals surface area contributed by atoms with Gasteiger partial charge in [-0.25, -0.2) is 13.1 Å². The van der Waals surface area contributed by atoms with Gasteiger partial charge in [-0.15, -0.1) is 0 Å². The molecule has 0 saturated carbocycles. The number of aliphatic hydroxyl groups excluding tert-OH is 1. The van der Waals surface area contributed by atoms with E-state index in [1.165, 1.54) is 6.26 Å². The van der Waals surface area contributed by atoms with E-state index in [9.17, 15) is 27.9 Å². The Morgan fingerprint density at radius 2 is 1.72 bits per heavy atom. The fourth-order valence-electron chi connectivity index (χ4n) is 7.79. The SMILES string of the molecule is CC(=O)N(CCN1CCC(CNS(C)(=O)=O)CC1)CC(O)CN1[C@@H]2CC[C@H]1CC(NC(=O)c1cc3ccccc3n(C(C)C)c1=O)C2. The van der Waals surface area contributed by atoms with Crippen LogP contribution in [0.4, 0.5) is 0 Å². The van der Waals surface area contributed by atoms with Crippen LogP contribution in [0.2, 0.25) is 0 Å². The Balaban J connectivity index is 1.11. The minimum atomic E-state index is -3.19. The first kappa shape index (κ1) is 35.5. The van der Waals surface area contributed by atoms with Crippen LogP contribution in [0.3, 0.4) is 0 Å². The summed E-state index contributed by atoms with van der Waals surface area (Å²) in [4.78, 5) is 45.7. The molecule has 0 aliphatic carbocycles. The van der Waals surface area contributed by atoms with E-state index in [1.54, 1.807) is 22.5 Å². The zero-order valence-electron chi connectivity index (χ0n) is 28.2. The first-order valence-electron chi connectivity index (χ1n) is 17.1. The second kappa shape index (κ2) is 15.1. The van der Waals surface area contributed by atoms with Crippen molar-refractivity contribution in [2.75, 3.05) is 52.1 Å². The van der Waals surface area contributed by atoms with Crippen LogP contribution in [-0.4, -0.2) is 121 Å². The molecule has 1 aromatic heterocycles. The lowest BCUT2D eigenvalue weighted by Gasteiger charge is -2.40. The van der Waals surface area contributed by atoms with Crippen molar-refractivity contribution in [3.63, 3.8) is 0 Å². The number of para-hydroxylation sites is 1. The molecule has 5 rings (SSSR count). The van der Waals surface area contributed by atoms with Crippen LogP contribution < -0.4 is 15.6 Å². The van der Waals surface area contributed by atoms with Crippen LogP contribution >= 0.6 is 0 Å². The van der Waals surface area contributed by atoms with Gasteiger partial charge in [-0.1, -0.05) is 18.2 Å². The minimum Gasteiger partial charge on any atom is -0.390 e. The van der Waals surface area contributed by atoms with Gasteiger partial charge >= 0.3 is 0 Å². The molecule has 3 saturated heterocycles. The van der Waals surface area contributed by atoms with E-state index in [0.717, 1.165) is 62.5 Å². The predicted molar refractivity (Wildman–Crippen MR) is 183 cm³/mol. The van der Waals surface area contributed by atoms with E-state index in [1.807, 2.05) is 38.1 Å². The Hall–Kier alpha value is -2.84. The lowest BCUT2D eigenvalue weighted by Crippen LogP contribution is -2.54. The molecule has 3 aliphatic heterocycles. The summed E-state index contributed by atoms with van der Waals surface area (Å²) in [6.45, 7) is 9.60. The number of aliphatic hydroxyl groups is 1. The third-order valence-electron chi connectivity index (χ3n) is 10.3. The number of sulfonamides is 1. The zero-order valence-corrected chi connectivity index (χ0v) is 29.0. The summed E-state index contributed by atoms with van der Waals surface area (Å²) in [5, 5.41) is 15.1. The van der Waals surface area contributed by atoms with Crippen molar-refractivity contribution in [3.05, 3.63) is 46.2 Å². The van der Waals surface area contributed by atoms with E-state index in [2.05, 4.69) is 19.8 Å². The van der Waals surface area contributed by atoms with Gasteiger partial charge in [0.25, 0.3) is 11.5 Å². The van der Waals surface area contributed by atoms with E-state index < -0.39 is 16.1 Å². The third-order valence-corrected chi connectivity index (χ3v) is 10.9. The molecule has 3 aliphatic rings. The smallest absolute Gasteiger partial charge is 0.264 e. The Morgan fingerprint density at radius 3 is 2.34 bits per heavy atom. The van der Waals surface area contributed by atoms with Gasteiger partial charge in [0.2, 0.25) is 15.9 Å². The summed E-state index contributed by atoms with van der Waals surface area (Å²) < 4.78 is 27.1. The van der Waals surface area contributed by atoms with Gasteiger partial charge in [0.05, 0.1) is 17.9 Å². The Labute approximate surface area is 278 Å². The van der Waals surface area contributed by atoms with Gasteiger partial charge in [0.1, 0.15) is 5.56 Å². The summed E-state index contributed by atoms with van der Waals surface area (Å²) in [6, 6.07) is 9.66. The second-order valence-corrected chi connectivity index (χ2v) is 16.0. The molecule has 2 amide bonds. The number of hydrogen-bond acceptors (Lipinski definition) is 8. The topological polar surface area (TPSA) is 144 Å². The molecule has 1 aromatic carbocycles. The zero-order chi connectivity index (χ0) is 33.9. The van der Waals surface area contributed by atoms with E-state index in [-0.39, 0.29) is 53.6 Å². The van der Waals surface area contributed by atoms with Crippen LogP contribution in [0, 0.1) is 5.92 Å². The first-order chi connectivity index (χ1) is 22.3. The van der Waals surface area contributed by atoms with E-state index in [4.69, 9.17) is 0 Å². The molecule has 2 aromatic rings. The Morgan fingerprint density at radius 1 is 1.06 bits per heavy atom. The van der Waals surface area contributed by atoms with Crippen LogP contribution in [0.15, 0.2) is 35.1 Å². The highest BCUT2D eigenvalue weighted by Crippen LogP contribution is 2.36. The Bertz CT molecular complexity index is 1570. The van der Waals surface area contributed by atoms with Crippen molar-refractivity contribution in [2.45, 2.75) is 89.6 Å². The largest absolute Gasteiger partial charge is 0.390 e. The number of benzene rings is 1. The van der Waals surface area contributed by atoms with Crippen molar-refractivity contribution in [1.82, 2.24) is 29.3 Å². The van der Waals surface area contributed by atoms with Crippen LogP contribution in [-0.2, 0) is 14.8 Å². The molecule has 3 fully saturated rings. The molecule has 0 spiro atoms. The maximum Gasteiger partial charge on any atom is 0.264 e. The van der Waals surface area contributed by atoms with Crippen molar-refractivity contribution in [1.29, 1.82) is 0 Å². The summed E-state index contributed by atoms with van der Waals surface area (Å²) >= 11 is 0. The van der Waals surface area contributed by atoms with Gasteiger partial charge in [-0.05, 0) is 88.9 Å². The first-order valence-corrected chi connectivity index (χ1v) is 19.0. The average molecular weight is 673 g/mol. The highest BCUT2D eigenvalue weighted by molar-refractivity contribution is 7.88. The third kappa shape index (κ3) is 9.00. The maximum atomic E-state index is 13.4. The number of hydrogen-bond donors (Lipinski definition) is 3. The number of likely N-dealkylation sites (tertiary alicyclic amines) is 1. The molecule has 12 nitrogen and oxygen atoms in total. The van der Waals surface area contributed by atoms with E-state index in [0.29, 0.717) is 32.1 Å². The van der Waals surface area contributed by atoms with Crippen LogP contribution in [0.1, 0.15) is 75.7 Å². The molecule has 2 bridgehead atoms. The van der Waals surface area contributed by atoms with Crippen molar-refractivity contribution >= 4 is 32.7 Å². The van der Waals surface area contributed by atoms with E-state index >= 15 is 0 Å². The van der Waals surface area contributed by atoms with Gasteiger partial charge in [0.15, 0.2) is 0 Å². The summed E-state index contributed by atoms with van der Waals surface area (Å²) in [6.07, 6.45) is 5.80. The normalized spacial score (nSPS) is 23.3. The molecule has 4 atom stereocenters. The average Bonchev–Trinajstić information content (AvgIpc) is 3.23. The number of nitrogens with one attached hydrogen (secondary N) is 2. The number of carbonyl (C=O) groups is 2. The van der Waals surface area contributed by atoms with Gasteiger partial charge in [0, 0.05) is 63.8 Å².